The molecule has 0 aliphatic carbocycles. The van der Waals surface area contributed by atoms with Crippen LogP contribution < -0.4 is 0 Å². The molecule has 0 amide bonds. The highest BCUT2D eigenvalue weighted by atomic mass is 32.1. The van der Waals surface area contributed by atoms with E-state index in [9.17, 15) is 0 Å². The van der Waals surface area contributed by atoms with Crippen molar-refractivity contribution in [3.05, 3.63) is 93.7 Å². The number of thiophene rings is 2. The maximum Gasteiger partial charge on any atom is 0.0775 e. The first-order valence-corrected chi connectivity index (χ1v) is 14.2. The van der Waals surface area contributed by atoms with Crippen LogP contribution in [0.2, 0.25) is 0 Å². The second kappa shape index (κ2) is 9.50. The van der Waals surface area contributed by atoms with Gasteiger partial charge in [-0.25, -0.2) is 0 Å². The maximum atomic E-state index is 3.41. The van der Waals surface area contributed by atoms with Gasteiger partial charge < -0.3 is 0 Å². The van der Waals surface area contributed by atoms with Crippen LogP contribution in [0, 0.1) is 18.8 Å². The number of hydrogen-bond acceptors (Lipinski definition) is 2. The Morgan fingerprint density at radius 1 is 0.629 bits per heavy atom. The molecule has 6 aromatic rings. The molecule has 0 fully saturated rings. The van der Waals surface area contributed by atoms with Crippen molar-refractivity contribution in [1.82, 2.24) is 0 Å². The molecular weight excluding hydrogens is 460 g/mol. The van der Waals surface area contributed by atoms with E-state index < -0.39 is 0 Å². The summed E-state index contributed by atoms with van der Waals surface area (Å²) < 4.78 is 2.70. The molecule has 172 valence electrons. The van der Waals surface area contributed by atoms with Crippen LogP contribution in [0.25, 0.3) is 41.7 Å². The predicted octanol–water partition coefficient (Wildman–Crippen LogP) is 10.3. The molecule has 0 saturated carbocycles. The van der Waals surface area contributed by atoms with Crippen LogP contribution in [0.4, 0.5) is 0 Å². The van der Waals surface area contributed by atoms with Gasteiger partial charge in [-0.2, -0.15) is 0 Å². The van der Waals surface area contributed by atoms with E-state index in [0.29, 0.717) is 0 Å². The van der Waals surface area contributed by atoms with Gasteiger partial charge in [0.15, 0.2) is 0 Å². The molecule has 0 nitrogen and oxygen atoms in total. The smallest absolute Gasteiger partial charge is 0.0775 e. The predicted molar refractivity (Wildman–Crippen MR) is 157 cm³/mol. The molecule has 0 spiro atoms. The first kappa shape index (κ1) is 22.4. The van der Waals surface area contributed by atoms with Crippen molar-refractivity contribution in [3.8, 4) is 11.8 Å². The molecule has 0 aliphatic heterocycles. The number of unbranched alkanes of at least 4 members (excludes halogenated alkanes) is 3. The first-order chi connectivity index (χ1) is 17.2. The molecule has 2 aromatic heterocycles. The van der Waals surface area contributed by atoms with E-state index in [1.54, 1.807) is 0 Å². The van der Waals surface area contributed by atoms with Gasteiger partial charge in [0.05, 0.1) is 4.88 Å². The molecule has 0 N–H and O–H groups in total. The van der Waals surface area contributed by atoms with Gasteiger partial charge in [-0.05, 0) is 89.8 Å². The molecule has 0 radical (unpaired) electrons. The van der Waals surface area contributed by atoms with Gasteiger partial charge in [0.2, 0.25) is 0 Å². The molecule has 2 heteroatoms. The third kappa shape index (κ3) is 4.59. The highest BCUT2D eigenvalue weighted by Gasteiger charge is 2.09. The zero-order chi connectivity index (χ0) is 23.8. The summed E-state index contributed by atoms with van der Waals surface area (Å²) in [5, 5.41) is 7.88. The van der Waals surface area contributed by atoms with Crippen LogP contribution in [-0.4, -0.2) is 0 Å². The van der Waals surface area contributed by atoms with Crippen molar-refractivity contribution in [1.29, 1.82) is 0 Å². The lowest BCUT2D eigenvalue weighted by molar-refractivity contribution is 0.670. The summed E-state index contributed by atoms with van der Waals surface area (Å²) in [4.78, 5) is 2.62. The molecule has 0 atom stereocenters. The van der Waals surface area contributed by atoms with Gasteiger partial charge in [-0.15, -0.1) is 22.7 Å². The number of benzene rings is 4. The zero-order valence-corrected chi connectivity index (χ0v) is 21.9. The van der Waals surface area contributed by atoms with Crippen molar-refractivity contribution < 1.29 is 0 Å². The van der Waals surface area contributed by atoms with Crippen LogP contribution in [-0.2, 0) is 6.42 Å². The normalized spacial score (nSPS) is 11.5. The van der Waals surface area contributed by atoms with Crippen molar-refractivity contribution in [2.24, 2.45) is 0 Å². The second-order valence-electron chi connectivity index (χ2n) is 9.54. The summed E-state index contributed by atoms with van der Waals surface area (Å²) in [6.45, 7) is 4.43. The van der Waals surface area contributed by atoms with E-state index in [-0.39, 0.29) is 0 Å². The minimum absolute atomic E-state index is 1.08. The minimum Gasteiger partial charge on any atom is -0.135 e. The van der Waals surface area contributed by atoms with E-state index in [4.69, 9.17) is 0 Å². The third-order valence-electron chi connectivity index (χ3n) is 6.81. The number of aryl methyl sites for hydroxylation is 2. The molecule has 0 bridgehead atoms. The van der Waals surface area contributed by atoms with Gasteiger partial charge >= 0.3 is 0 Å². The van der Waals surface area contributed by atoms with E-state index in [2.05, 4.69) is 98.5 Å². The lowest BCUT2D eigenvalue weighted by Gasteiger charge is -2.02. The van der Waals surface area contributed by atoms with Gasteiger partial charge in [0.25, 0.3) is 0 Å². The Kier molecular flexibility index (Phi) is 6.06. The Morgan fingerprint density at radius 2 is 1.37 bits per heavy atom. The highest BCUT2D eigenvalue weighted by Crippen LogP contribution is 2.38. The van der Waals surface area contributed by atoms with E-state index in [1.807, 2.05) is 22.7 Å². The molecule has 4 aromatic carbocycles. The average Bonchev–Trinajstić information content (AvgIpc) is 3.46. The summed E-state index contributed by atoms with van der Waals surface area (Å²) in [6, 6.07) is 27.2. The summed E-state index contributed by atoms with van der Waals surface area (Å²) in [7, 11) is 0. The number of fused-ring (bicyclic) bond motifs is 5. The topological polar surface area (TPSA) is 0 Å². The quantitative estimate of drug-likeness (QED) is 0.167. The SMILES string of the molecule is CCCCCCc1ccc(C#Cc2ccc3cc4c(cc3c2)sc2cc3ccc(C)cc3cc24)s1. The monoisotopic (exact) mass is 488 g/mol. The van der Waals surface area contributed by atoms with Crippen molar-refractivity contribution in [2.45, 2.75) is 46.0 Å². The zero-order valence-electron chi connectivity index (χ0n) is 20.3. The highest BCUT2D eigenvalue weighted by molar-refractivity contribution is 7.26. The molecule has 0 saturated heterocycles. The van der Waals surface area contributed by atoms with Crippen LogP contribution in [0.3, 0.4) is 0 Å². The van der Waals surface area contributed by atoms with E-state index in [0.717, 1.165) is 10.4 Å². The molecule has 0 aliphatic rings. The van der Waals surface area contributed by atoms with Gasteiger partial charge in [-0.1, -0.05) is 67.9 Å². The Balaban J connectivity index is 1.31. The lowest BCUT2D eigenvalue weighted by Crippen LogP contribution is -1.80. The average molecular weight is 489 g/mol. The van der Waals surface area contributed by atoms with Crippen molar-refractivity contribution >= 4 is 64.4 Å². The Hall–Kier alpha value is -3.12. The summed E-state index contributed by atoms with van der Waals surface area (Å²) >= 11 is 3.74. The van der Waals surface area contributed by atoms with Crippen LogP contribution in [0.15, 0.2) is 72.8 Å². The Morgan fingerprint density at radius 3 is 2.23 bits per heavy atom. The van der Waals surface area contributed by atoms with E-state index in [1.165, 1.54) is 84.3 Å². The maximum absolute atomic E-state index is 3.41. The van der Waals surface area contributed by atoms with Crippen molar-refractivity contribution in [2.75, 3.05) is 0 Å². The van der Waals surface area contributed by atoms with E-state index >= 15 is 0 Å². The second-order valence-corrected chi connectivity index (χ2v) is 11.8. The van der Waals surface area contributed by atoms with Gasteiger partial charge in [0.1, 0.15) is 0 Å². The number of hydrogen-bond donors (Lipinski definition) is 0. The van der Waals surface area contributed by atoms with Crippen LogP contribution in [0.1, 0.15) is 53.5 Å². The molecule has 0 unspecified atom stereocenters. The summed E-state index contributed by atoms with van der Waals surface area (Å²) in [5.74, 6) is 6.81. The minimum atomic E-state index is 1.08. The molecule has 2 heterocycles. The molecule has 6 rings (SSSR count). The molecular formula is C33H28S2. The largest absolute Gasteiger partial charge is 0.135 e. The fraction of sp³-hybridized carbons (Fsp3) is 0.212. The summed E-state index contributed by atoms with van der Waals surface area (Å²) in [6.07, 6.45) is 6.43. The number of rotatable bonds is 5. The van der Waals surface area contributed by atoms with Crippen LogP contribution in [0.5, 0.6) is 0 Å². The Labute approximate surface area is 215 Å². The van der Waals surface area contributed by atoms with Gasteiger partial charge in [-0.3, -0.25) is 0 Å². The fourth-order valence-corrected chi connectivity index (χ4v) is 6.97. The fourth-order valence-electron chi connectivity index (χ4n) is 4.90. The first-order valence-electron chi connectivity index (χ1n) is 12.6. The van der Waals surface area contributed by atoms with Gasteiger partial charge in [0, 0.05) is 30.6 Å². The lowest BCUT2D eigenvalue weighted by atomic mass is 10.0. The standard InChI is InChI=1S/C33H28S2/c1-3-4-5-6-7-28-14-15-29(34-28)13-10-23-9-12-24-18-30-31-19-26-16-22(2)8-11-25(26)20-32(31)35-33(30)21-27(24)17-23/h8-9,11-12,14-21H,3-7H2,1-2H3. The third-order valence-corrected chi connectivity index (χ3v) is 8.99. The van der Waals surface area contributed by atoms with Crippen LogP contribution >= 0.6 is 22.7 Å². The Bertz CT molecular complexity index is 1750. The molecule has 35 heavy (non-hydrogen) atoms. The summed E-state index contributed by atoms with van der Waals surface area (Å²) in [5.41, 5.74) is 2.39. The van der Waals surface area contributed by atoms with Crippen molar-refractivity contribution in [3.63, 3.8) is 0 Å².